The van der Waals surface area contributed by atoms with Crippen molar-refractivity contribution in [3.63, 3.8) is 0 Å². The Morgan fingerprint density at radius 1 is 1.00 bits per heavy atom. The first kappa shape index (κ1) is 39.3. The molecule has 0 radical (unpaired) electrons. The average Bonchev–Trinajstić information content (AvgIpc) is 3.33. The molecule has 0 spiro atoms. The van der Waals surface area contributed by atoms with Gasteiger partial charge in [-0.05, 0) is 80.7 Å². The molecule has 4 N–H and O–H groups in total. The van der Waals surface area contributed by atoms with Crippen LogP contribution in [0.3, 0.4) is 0 Å². The van der Waals surface area contributed by atoms with Crippen molar-refractivity contribution in [3.8, 4) is 0 Å². The molecule has 0 aliphatic heterocycles. The zero-order valence-electron chi connectivity index (χ0n) is 30.7. The molecule has 1 unspecified atom stereocenters. The fourth-order valence-electron chi connectivity index (χ4n) is 9.53. The van der Waals surface area contributed by atoms with E-state index in [9.17, 15) is 29.1 Å². The molecule has 52 heavy (non-hydrogen) atoms. The molecule has 4 aliphatic carbocycles. The quantitative estimate of drug-likeness (QED) is 0.0863. The minimum absolute atomic E-state index is 0.0335. The SMILES string of the molecule is CCNc1ccc(COC(=O)NCCCNC(=O)OCC(=O)[C@@]2(OC(=O)CC)[C@@H](C)CC3[C@@H]4CCC5=CC(=O)C=C[C@]5(C)[C@@]4(Cl)[C@@H](O)C[C@@]32C)cc1. The second-order valence-electron chi connectivity index (χ2n) is 15.0. The third-order valence-electron chi connectivity index (χ3n) is 12.1. The van der Waals surface area contributed by atoms with Crippen molar-refractivity contribution in [3.05, 3.63) is 53.6 Å². The van der Waals surface area contributed by atoms with E-state index in [2.05, 4.69) is 16.0 Å². The topological polar surface area (TPSA) is 169 Å². The first-order valence-corrected chi connectivity index (χ1v) is 18.7. The van der Waals surface area contributed by atoms with Gasteiger partial charge < -0.3 is 35.3 Å². The van der Waals surface area contributed by atoms with Gasteiger partial charge >= 0.3 is 18.2 Å². The maximum Gasteiger partial charge on any atom is 0.407 e. The number of halogens is 1. The van der Waals surface area contributed by atoms with Crippen LogP contribution in [0.2, 0.25) is 0 Å². The highest BCUT2D eigenvalue weighted by Crippen LogP contribution is 2.72. The highest BCUT2D eigenvalue weighted by molar-refractivity contribution is 6.26. The number of amides is 2. The summed E-state index contributed by atoms with van der Waals surface area (Å²) in [5, 5.41) is 20.4. The van der Waals surface area contributed by atoms with E-state index < -0.39 is 63.9 Å². The lowest BCUT2D eigenvalue weighted by atomic mass is 9.45. The lowest BCUT2D eigenvalue weighted by Gasteiger charge is -2.64. The molecule has 8 atom stereocenters. The second-order valence-corrected chi connectivity index (χ2v) is 15.6. The summed E-state index contributed by atoms with van der Waals surface area (Å²) < 4.78 is 16.8. The molecule has 284 valence electrons. The van der Waals surface area contributed by atoms with Crippen LogP contribution in [0, 0.1) is 28.6 Å². The normalized spacial score (nSPS) is 33.1. The van der Waals surface area contributed by atoms with E-state index in [0.717, 1.165) is 23.4 Å². The molecule has 2 amide bonds. The van der Waals surface area contributed by atoms with Gasteiger partial charge in [0.2, 0.25) is 5.78 Å². The van der Waals surface area contributed by atoms with Gasteiger partial charge in [-0.25, -0.2) is 9.59 Å². The summed E-state index contributed by atoms with van der Waals surface area (Å²) in [6, 6.07) is 7.57. The fraction of sp³-hybridized carbons (Fsp3) is 0.615. The van der Waals surface area contributed by atoms with Crippen molar-refractivity contribution < 1.29 is 43.3 Å². The molecular weight excluding hydrogens is 690 g/mol. The van der Waals surface area contributed by atoms with Gasteiger partial charge in [0.25, 0.3) is 0 Å². The zero-order chi connectivity index (χ0) is 37.9. The summed E-state index contributed by atoms with van der Waals surface area (Å²) in [7, 11) is 0. The zero-order valence-corrected chi connectivity index (χ0v) is 31.5. The monoisotopic (exact) mass is 741 g/mol. The lowest BCUT2D eigenvalue weighted by Crippen LogP contribution is -2.69. The van der Waals surface area contributed by atoms with Gasteiger partial charge in [-0.1, -0.05) is 51.5 Å². The van der Waals surface area contributed by atoms with Crippen molar-refractivity contribution in [2.45, 2.75) is 96.3 Å². The van der Waals surface area contributed by atoms with E-state index in [4.69, 9.17) is 25.8 Å². The number of allylic oxidation sites excluding steroid dienone is 4. The minimum Gasteiger partial charge on any atom is -0.450 e. The highest BCUT2D eigenvalue weighted by Gasteiger charge is 2.76. The van der Waals surface area contributed by atoms with Gasteiger partial charge in [0.05, 0.1) is 11.0 Å². The summed E-state index contributed by atoms with van der Waals surface area (Å²) >= 11 is 7.56. The van der Waals surface area contributed by atoms with Crippen molar-refractivity contribution in [1.82, 2.24) is 10.6 Å². The molecular formula is C39H52ClN3O9. The number of alkyl carbamates (subject to hydrolysis) is 2. The number of anilines is 1. The number of esters is 1. The molecule has 1 aromatic rings. The van der Waals surface area contributed by atoms with Gasteiger partial charge in [0.15, 0.2) is 18.0 Å². The standard InChI is InChI=1S/C39H52ClN3O9/c1-6-33(47)52-39(32(46)23-51-35(49)43-18-8-17-42-34(48)50-22-25-9-12-27(13-10-25)41-7-2)24(3)19-30-29-14-11-26-20-28(44)15-16-36(26,4)38(29,40)31(45)21-37(30,39)5/h9-10,12-13,15-16,20,24,29-31,41,45H,6-8,11,14,17-19,21-23H2,1-5H3,(H,42,48)(H,43,49)/t24-,29-,30?,31-,36-,37-,38-,39-/m0/s1. The molecule has 0 aromatic heterocycles. The average molecular weight is 742 g/mol. The molecule has 3 saturated carbocycles. The number of rotatable bonds is 13. The number of ether oxygens (including phenoxy) is 3. The van der Waals surface area contributed by atoms with E-state index in [1.807, 2.05) is 58.0 Å². The number of hydrogen-bond acceptors (Lipinski definition) is 10. The minimum atomic E-state index is -1.67. The number of aliphatic hydroxyl groups is 1. The smallest absolute Gasteiger partial charge is 0.407 e. The number of nitrogens with one attached hydrogen (secondary N) is 3. The number of carbonyl (C=O) groups is 5. The van der Waals surface area contributed by atoms with E-state index in [-0.39, 0.29) is 50.2 Å². The van der Waals surface area contributed by atoms with Gasteiger partial charge in [-0.2, -0.15) is 0 Å². The lowest BCUT2D eigenvalue weighted by molar-refractivity contribution is -0.202. The largest absolute Gasteiger partial charge is 0.450 e. The Balaban J connectivity index is 1.18. The summed E-state index contributed by atoms with van der Waals surface area (Å²) in [6.45, 7) is 10.0. The summed E-state index contributed by atoms with van der Waals surface area (Å²) in [6.07, 6.45) is 4.61. The Labute approximate surface area is 310 Å². The molecule has 1 aromatic carbocycles. The molecule has 13 heteroatoms. The number of benzene rings is 1. The van der Waals surface area contributed by atoms with Crippen LogP contribution >= 0.6 is 11.6 Å². The Morgan fingerprint density at radius 3 is 2.33 bits per heavy atom. The van der Waals surface area contributed by atoms with Crippen LogP contribution in [0.25, 0.3) is 0 Å². The molecule has 0 bridgehead atoms. The van der Waals surface area contributed by atoms with Crippen LogP contribution in [-0.4, -0.2) is 77.6 Å². The fourth-order valence-corrected chi connectivity index (χ4v) is 10.1. The Hall–Kier alpha value is -3.90. The van der Waals surface area contributed by atoms with Crippen LogP contribution in [0.15, 0.2) is 48.1 Å². The van der Waals surface area contributed by atoms with Gasteiger partial charge in [-0.15, -0.1) is 11.6 Å². The molecule has 4 aliphatic rings. The Morgan fingerprint density at radius 2 is 1.67 bits per heavy atom. The molecule has 5 rings (SSSR count). The summed E-state index contributed by atoms with van der Waals surface area (Å²) in [5.74, 6) is -2.15. The van der Waals surface area contributed by atoms with Gasteiger partial charge in [0.1, 0.15) is 6.61 Å². The summed E-state index contributed by atoms with van der Waals surface area (Å²) in [4.78, 5) is 63.2. The number of Topliss-reactive ketones (excluding diaryl/α,β-unsaturated/α-hetero) is 1. The van der Waals surface area contributed by atoms with Crippen LogP contribution in [0.1, 0.15) is 78.7 Å². The van der Waals surface area contributed by atoms with E-state index in [0.29, 0.717) is 25.7 Å². The van der Waals surface area contributed by atoms with Gasteiger partial charge in [-0.3, -0.25) is 14.4 Å². The van der Waals surface area contributed by atoms with Crippen molar-refractivity contribution >= 4 is 47.0 Å². The van der Waals surface area contributed by atoms with Crippen LogP contribution < -0.4 is 16.0 Å². The predicted octanol–water partition coefficient (Wildman–Crippen LogP) is 5.61. The first-order chi connectivity index (χ1) is 24.7. The van der Waals surface area contributed by atoms with E-state index in [1.54, 1.807) is 13.0 Å². The van der Waals surface area contributed by atoms with Crippen LogP contribution in [0.5, 0.6) is 0 Å². The van der Waals surface area contributed by atoms with Crippen LogP contribution in [-0.2, 0) is 35.2 Å². The number of carbonyl (C=O) groups excluding carboxylic acids is 5. The third-order valence-corrected chi connectivity index (χ3v) is 13.0. The molecule has 0 heterocycles. The molecule has 3 fully saturated rings. The Kier molecular flexibility index (Phi) is 11.8. The molecule has 0 saturated heterocycles. The first-order valence-electron chi connectivity index (χ1n) is 18.4. The predicted molar refractivity (Wildman–Crippen MR) is 195 cm³/mol. The number of fused-ring (bicyclic) bond motifs is 5. The van der Waals surface area contributed by atoms with E-state index >= 15 is 0 Å². The maximum absolute atomic E-state index is 14.3. The number of alkyl halides is 1. The second kappa shape index (κ2) is 15.6. The van der Waals surface area contributed by atoms with Crippen LogP contribution in [0.4, 0.5) is 15.3 Å². The van der Waals surface area contributed by atoms with Crippen molar-refractivity contribution in [2.24, 2.45) is 28.6 Å². The highest BCUT2D eigenvalue weighted by atomic mass is 35.5. The summed E-state index contributed by atoms with van der Waals surface area (Å²) in [5.41, 5.74) is -0.744. The number of aliphatic hydroxyl groups excluding tert-OH is 1. The maximum atomic E-state index is 14.3. The van der Waals surface area contributed by atoms with Crippen molar-refractivity contribution in [1.29, 1.82) is 0 Å². The van der Waals surface area contributed by atoms with Gasteiger partial charge in [0, 0.05) is 48.5 Å². The third kappa shape index (κ3) is 6.96. The van der Waals surface area contributed by atoms with E-state index in [1.165, 1.54) is 6.08 Å². The Bertz CT molecular complexity index is 1610. The number of ketones is 2. The number of hydrogen-bond donors (Lipinski definition) is 4. The van der Waals surface area contributed by atoms with Crippen molar-refractivity contribution in [2.75, 3.05) is 31.6 Å². The molecule has 12 nitrogen and oxygen atoms in total.